The summed E-state index contributed by atoms with van der Waals surface area (Å²) in [6.07, 6.45) is 3.40. The average Bonchev–Trinajstić information content (AvgIpc) is 2.47. The highest BCUT2D eigenvalue weighted by atomic mass is 35.5. The SMILES string of the molecule is Cl.O=C(Cl)c1cc(-c2cccnc2)nc2ccccc12. The van der Waals surface area contributed by atoms with Crippen molar-refractivity contribution in [3.05, 3.63) is 60.4 Å². The van der Waals surface area contributed by atoms with Crippen LogP contribution in [0.2, 0.25) is 0 Å². The number of carbonyl (C=O) groups is 1. The van der Waals surface area contributed by atoms with E-state index in [-0.39, 0.29) is 12.4 Å². The summed E-state index contributed by atoms with van der Waals surface area (Å²) in [5.41, 5.74) is 2.75. The summed E-state index contributed by atoms with van der Waals surface area (Å²) in [4.78, 5) is 20.2. The zero-order valence-electron chi connectivity index (χ0n) is 10.3. The van der Waals surface area contributed by atoms with Gasteiger partial charge in [-0.3, -0.25) is 9.78 Å². The van der Waals surface area contributed by atoms with Crippen molar-refractivity contribution in [2.24, 2.45) is 0 Å². The van der Waals surface area contributed by atoms with Crippen LogP contribution in [0.25, 0.3) is 22.2 Å². The summed E-state index contributed by atoms with van der Waals surface area (Å²) in [6, 6.07) is 12.9. The molecule has 2 aromatic heterocycles. The zero-order valence-corrected chi connectivity index (χ0v) is 11.9. The minimum Gasteiger partial charge on any atom is -0.276 e. The number of benzene rings is 1. The Labute approximate surface area is 127 Å². The van der Waals surface area contributed by atoms with E-state index in [1.165, 1.54) is 0 Å². The van der Waals surface area contributed by atoms with Gasteiger partial charge in [0.25, 0.3) is 5.24 Å². The van der Waals surface area contributed by atoms with Crippen molar-refractivity contribution in [3.8, 4) is 11.3 Å². The number of carbonyl (C=O) groups excluding carboxylic acids is 1. The number of hydrogen-bond acceptors (Lipinski definition) is 3. The number of nitrogens with zero attached hydrogens (tertiary/aromatic N) is 2. The maximum Gasteiger partial charge on any atom is 0.253 e. The summed E-state index contributed by atoms with van der Waals surface area (Å²) < 4.78 is 0. The van der Waals surface area contributed by atoms with Gasteiger partial charge in [-0.2, -0.15) is 0 Å². The van der Waals surface area contributed by atoms with E-state index in [2.05, 4.69) is 9.97 Å². The van der Waals surface area contributed by atoms with Gasteiger partial charge in [0.15, 0.2) is 0 Å². The molecule has 0 bridgehead atoms. The second-order valence-electron chi connectivity index (χ2n) is 4.09. The third-order valence-corrected chi connectivity index (χ3v) is 3.09. The Bertz CT molecular complexity index is 760. The van der Waals surface area contributed by atoms with Crippen LogP contribution in [-0.2, 0) is 0 Å². The number of hydrogen-bond donors (Lipinski definition) is 0. The lowest BCUT2D eigenvalue weighted by molar-refractivity contribution is 0.108. The van der Waals surface area contributed by atoms with Crippen molar-refractivity contribution in [1.82, 2.24) is 9.97 Å². The minimum absolute atomic E-state index is 0. The highest BCUT2D eigenvalue weighted by Crippen LogP contribution is 2.25. The first-order valence-corrected chi connectivity index (χ1v) is 6.13. The molecule has 3 nitrogen and oxygen atoms in total. The molecule has 0 atom stereocenters. The van der Waals surface area contributed by atoms with Gasteiger partial charge in [0.2, 0.25) is 0 Å². The molecule has 5 heteroatoms. The molecule has 2 heterocycles. The molecule has 0 radical (unpaired) electrons. The molecular formula is C15H10Cl2N2O. The predicted octanol–water partition coefficient (Wildman–Crippen LogP) is 4.10. The Hall–Kier alpha value is -1.97. The van der Waals surface area contributed by atoms with Crippen LogP contribution >= 0.6 is 24.0 Å². The van der Waals surface area contributed by atoms with Crippen molar-refractivity contribution in [3.63, 3.8) is 0 Å². The van der Waals surface area contributed by atoms with E-state index in [9.17, 15) is 4.79 Å². The lowest BCUT2D eigenvalue weighted by atomic mass is 10.1. The smallest absolute Gasteiger partial charge is 0.253 e. The molecule has 100 valence electrons. The number of aromatic nitrogens is 2. The van der Waals surface area contributed by atoms with Crippen molar-refractivity contribution in [2.75, 3.05) is 0 Å². The van der Waals surface area contributed by atoms with Crippen molar-refractivity contribution >= 4 is 40.2 Å². The minimum atomic E-state index is -0.483. The quantitative estimate of drug-likeness (QED) is 0.669. The third kappa shape index (κ3) is 2.64. The normalized spacial score (nSPS) is 10.1. The molecule has 0 spiro atoms. The number of fused-ring (bicyclic) bond motifs is 1. The fourth-order valence-corrected chi connectivity index (χ4v) is 2.16. The van der Waals surface area contributed by atoms with Crippen LogP contribution in [0.4, 0.5) is 0 Å². The predicted molar refractivity (Wildman–Crippen MR) is 82.4 cm³/mol. The second kappa shape index (κ2) is 5.99. The first-order chi connectivity index (χ1) is 9.25. The first-order valence-electron chi connectivity index (χ1n) is 5.76. The van der Waals surface area contributed by atoms with E-state index < -0.39 is 5.24 Å². The van der Waals surface area contributed by atoms with Crippen molar-refractivity contribution in [2.45, 2.75) is 0 Å². The molecule has 0 aliphatic carbocycles. The van der Waals surface area contributed by atoms with E-state index in [1.807, 2.05) is 36.4 Å². The van der Waals surface area contributed by atoms with Crippen LogP contribution in [0.3, 0.4) is 0 Å². The highest BCUT2D eigenvalue weighted by Gasteiger charge is 2.11. The Kier molecular flexibility index (Phi) is 4.32. The first kappa shape index (κ1) is 14.4. The van der Waals surface area contributed by atoms with E-state index in [0.717, 1.165) is 16.5 Å². The van der Waals surface area contributed by atoms with Gasteiger partial charge in [0.1, 0.15) is 0 Å². The fourth-order valence-electron chi connectivity index (χ4n) is 2.00. The van der Waals surface area contributed by atoms with Gasteiger partial charge in [-0.25, -0.2) is 4.98 Å². The summed E-state index contributed by atoms with van der Waals surface area (Å²) in [7, 11) is 0. The van der Waals surface area contributed by atoms with Gasteiger partial charge in [-0.05, 0) is 35.9 Å². The summed E-state index contributed by atoms with van der Waals surface area (Å²) in [5.74, 6) is 0. The van der Waals surface area contributed by atoms with Crippen molar-refractivity contribution in [1.29, 1.82) is 0 Å². The molecule has 0 fully saturated rings. The molecule has 0 N–H and O–H groups in total. The lowest BCUT2D eigenvalue weighted by Gasteiger charge is -2.06. The Balaban J connectivity index is 0.00000147. The number of para-hydroxylation sites is 1. The van der Waals surface area contributed by atoms with Crippen LogP contribution in [0.1, 0.15) is 10.4 Å². The Morgan fingerprint density at radius 3 is 2.60 bits per heavy atom. The van der Waals surface area contributed by atoms with Gasteiger partial charge in [-0.1, -0.05) is 18.2 Å². The van der Waals surface area contributed by atoms with Gasteiger partial charge in [0.05, 0.1) is 11.2 Å². The maximum absolute atomic E-state index is 11.6. The molecule has 0 amide bonds. The third-order valence-electron chi connectivity index (χ3n) is 2.89. The Morgan fingerprint density at radius 1 is 1.10 bits per heavy atom. The van der Waals surface area contributed by atoms with Crippen LogP contribution in [0.5, 0.6) is 0 Å². The monoisotopic (exact) mass is 304 g/mol. The molecule has 0 aliphatic heterocycles. The van der Waals surface area contributed by atoms with Gasteiger partial charge >= 0.3 is 0 Å². The maximum atomic E-state index is 11.6. The molecule has 0 unspecified atom stereocenters. The standard InChI is InChI=1S/C15H9ClN2O.ClH/c16-15(19)12-8-14(10-4-3-7-17-9-10)18-13-6-2-1-5-11(12)13;/h1-9H;1H. The molecule has 20 heavy (non-hydrogen) atoms. The summed E-state index contributed by atoms with van der Waals surface area (Å²) in [6.45, 7) is 0. The van der Waals surface area contributed by atoms with Crippen LogP contribution < -0.4 is 0 Å². The zero-order chi connectivity index (χ0) is 13.2. The van der Waals surface area contributed by atoms with Gasteiger partial charge in [0, 0.05) is 28.9 Å². The molecule has 3 rings (SSSR count). The Morgan fingerprint density at radius 2 is 1.90 bits per heavy atom. The molecule has 0 aliphatic rings. The molecular weight excluding hydrogens is 295 g/mol. The van der Waals surface area contributed by atoms with Crippen LogP contribution in [0, 0.1) is 0 Å². The summed E-state index contributed by atoms with van der Waals surface area (Å²) in [5, 5.41) is 0.277. The largest absolute Gasteiger partial charge is 0.276 e. The van der Waals surface area contributed by atoms with E-state index in [0.29, 0.717) is 11.3 Å². The van der Waals surface area contributed by atoms with Gasteiger partial charge < -0.3 is 0 Å². The second-order valence-corrected chi connectivity index (χ2v) is 4.43. The van der Waals surface area contributed by atoms with E-state index in [4.69, 9.17) is 11.6 Å². The van der Waals surface area contributed by atoms with Gasteiger partial charge in [-0.15, -0.1) is 12.4 Å². The number of pyridine rings is 2. The topological polar surface area (TPSA) is 42.9 Å². The van der Waals surface area contributed by atoms with E-state index >= 15 is 0 Å². The summed E-state index contributed by atoms with van der Waals surface area (Å²) >= 11 is 5.66. The number of halogens is 2. The average molecular weight is 305 g/mol. The van der Waals surface area contributed by atoms with E-state index in [1.54, 1.807) is 18.5 Å². The highest BCUT2D eigenvalue weighted by molar-refractivity contribution is 6.68. The van der Waals surface area contributed by atoms with Crippen LogP contribution in [-0.4, -0.2) is 15.2 Å². The number of rotatable bonds is 2. The van der Waals surface area contributed by atoms with Crippen LogP contribution in [0.15, 0.2) is 54.9 Å². The fraction of sp³-hybridized carbons (Fsp3) is 0. The molecule has 1 aromatic carbocycles. The molecule has 3 aromatic rings. The van der Waals surface area contributed by atoms with Crippen molar-refractivity contribution < 1.29 is 4.79 Å². The molecule has 0 saturated carbocycles. The molecule has 0 saturated heterocycles. The lowest BCUT2D eigenvalue weighted by Crippen LogP contribution is -1.95.